The molecular formula is C23H26N6O4S. The van der Waals surface area contributed by atoms with Crippen LogP contribution in [-0.2, 0) is 20.3 Å². The Morgan fingerprint density at radius 2 is 2.12 bits per heavy atom. The number of aromatic nitrogens is 3. The molecule has 178 valence electrons. The lowest BCUT2D eigenvalue weighted by molar-refractivity contribution is -0.00174. The van der Waals surface area contributed by atoms with E-state index in [0.29, 0.717) is 48.6 Å². The number of aromatic amines is 1. The van der Waals surface area contributed by atoms with Crippen molar-refractivity contribution in [3.05, 3.63) is 46.9 Å². The van der Waals surface area contributed by atoms with Gasteiger partial charge in [-0.3, -0.25) is 9.48 Å². The fourth-order valence-electron chi connectivity index (χ4n) is 4.72. The zero-order chi connectivity index (χ0) is 23.9. The maximum absolute atomic E-state index is 12.8. The lowest BCUT2D eigenvalue weighted by atomic mass is 9.89. The van der Waals surface area contributed by atoms with Gasteiger partial charge in [-0.15, -0.1) is 0 Å². The number of ether oxygens (including phenoxy) is 1. The first-order valence-corrected chi connectivity index (χ1v) is 12.7. The Bertz CT molecular complexity index is 1410. The molecule has 0 aliphatic carbocycles. The van der Waals surface area contributed by atoms with Crippen LogP contribution in [-0.4, -0.2) is 53.3 Å². The molecule has 2 saturated heterocycles. The molecule has 34 heavy (non-hydrogen) atoms. The maximum atomic E-state index is 12.8. The summed E-state index contributed by atoms with van der Waals surface area (Å²) in [4.78, 5) is 15.7. The van der Waals surface area contributed by atoms with Gasteiger partial charge in [0.25, 0.3) is 5.56 Å². The van der Waals surface area contributed by atoms with Gasteiger partial charge in [-0.25, -0.2) is 8.42 Å². The summed E-state index contributed by atoms with van der Waals surface area (Å²) in [5, 5.41) is 17.8. The Morgan fingerprint density at radius 1 is 1.32 bits per heavy atom. The van der Waals surface area contributed by atoms with Crippen LogP contribution in [0.1, 0.15) is 32.6 Å². The summed E-state index contributed by atoms with van der Waals surface area (Å²) in [6, 6.07) is 10.5. The Hall–Kier alpha value is -3.20. The number of benzene rings is 1. The van der Waals surface area contributed by atoms with E-state index in [4.69, 9.17) is 9.84 Å². The molecule has 10 nitrogen and oxygen atoms in total. The van der Waals surface area contributed by atoms with E-state index in [1.807, 2.05) is 6.92 Å². The number of anilines is 2. The van der Waals surface area contributed by atoms with Gasteiger partial charge in [0, 0.05) is 31.1 Å². The van der Waals surface area contributed by atoms with E-state index >= 15 is 0 Å². The summed E-state index contributed by atoms with van der Waals surface area (Å²) in [7, 11) is -3.52. The van der Waals surface area contributed by atoms with Crippen LogP contribution in [0.5, 0.6) is 0 Å². The number of fused-ring (bicyclic) bond motifs is 1. The van der Waals surface area contributed by atoms with Crippen molar-refractivity contribution < 1.29 is 13.2 Å². The van der Waals surface area contributed by atoms with Gasteiger partial charge in [0.15, 0.2) is 5.82 Å². The molecule has 3 aromatic rings. The van der Waals surface area contributed by atoms with Gasteiger partial charge in [-0.1, -0.05) is 0 Å². The highest BCUT2D eigenvalue weighted by Crippen LogP contribution is 2.35. The minimum Gasteiger partial charge on any atom is -0.379 e. The highest BCUT2D eigenvalue weighted by atomic mass is 32.2. The smallest absolute Gasteiger partial charge is 0.261 e. The van der Waals surface area contributed by atoms with Crippen LogP contribution in [0.3, 0.4) is 0 Å². The SMILES string of the molecule is CC1CCN1S(=O)(=O)c1ccc(Nc2nn(C3(CC#N)CCCOC3)c3cc[nH]c(=O)c23)cc1. The number of hydrogen-bond acceptors (Lipinski definition) is 7. The van der Waals surface area contributed by atoms with Gasteiger partial charge < -0.3 is 15.0 Å². The van der Waals surface area contributed by atoms with E-state index < -0.39 is 15.6 Å². The van der Waals surface area contributed by atoms with Gasteiger partial charge in [0.2, 0.25) is 10.0 Å². The number of rotatable bonds is 6. The Balaban J connectivity index is 1.51. The Morgan fingerprint density at radius 3 is 2.74 bits per heavy atom. The number of H-pyrrole nitrogens is 1. The molecule has 0 spiro atoms. The standard InChI is InChI=1S/C23H26N6O4S/c1-16-8-13-28(16)34(31,32)18-5-3-17(4-6-18)26-21-20-19(7-12-25-22(20)30)29(27-21)23(10-11-24)9-2-14-33-15-23/h3-7,12,16H,2,8-10,13-15H2,1H3,(H,25,30)(H,26,27). The van der Waals surface area contributed by atoms with E-state index in [0.717, 1.165) is 12.8 Å². The third-order valence-corrected chi connectivity index (χ3v) is 8.77. The normalized spacial score (nSPS) is 23.4. The Labute approximate surface area is 197 Å². The van der Waals surface area contributed by atoms with E-state index in [2.05, 4.69) is 16.4 Å². The summed E-state index contributed by atoms with van der Waals surface area (Å²) in [6.07, 6.45) is 4.14. The van der Waals surface area contributed by atoms with Crippen LogP contribution in [0.2, 0.25) is 0 Å². The molecule has 2 aromatic heterocycles. The van der Waals surface area contributed by atoms with Crippen LogP contribution in [0.25, 0.3) is 10.9 Å². The van der Waals surface area contributed by atoms with E-state index in [1.165, 1.54) is 4.31 Å². The van der Waals surface area contributed by atoms with Crippen molar-refractivity contribution in [1.29, 1.82) is 5.26 Å². The first-order chi connectivity index (χ1) is 16.4. The zero-order valence-corrected chi connectivity index (χ0v) is 19.6. The summed E-state index contributed by atoms with van der Waals surface area (Å²) >= 11 is 0. The molecule has 2 aliphatic heterocycles. The second-order valence-electron chi connectivity index (χ2n) is 8.95. The topological polar surface area (TPSA) is 133 Å². The maximum Gasteiger partial charge on any atom is 0.261 e. The van der Waals surface area contributed by atoms with Crippen molar-refractivity contribution in [2.75, 3.05) is 25.1 Å². The number of hydrogen-bond donors (Lipinski definition) is 2. The average molecular weight is 483 g/mol. The number of nitrogens with zero attached hydrogens (tertiary/aromatic N) is 4. The van der Waals surface area contributed by atoms with E-state index in [-0.39, 0.29) is 22.9 Å². The summed E-state index contributed by atoms with van der Waals surface area (Å²) in [5.41, 5.74) is 0.240. The lowest BCUT2D eigenvalue weighted by Gasteiger charge is -2.37. The molecule has 2 atom stereocenters. The molecule has 2 aliphatic rings. The second-order valence-corrected chi connectivity index (χ2v) is 10.8. The molecule has 2 N–H and O–H groups in total. The van der Waals surface area contributed by atoms with Crippen molar-refractivity contribution in [2.45, 2.75) is 49.1 Å². The highest BCUT2D eigenvalue weighted by Gasteiger charge is 2.38. The first kappa shape index (κ1) is 22.6. The van der Waals surface area contributed by atoms with Gasteiger partial charge in [0.05, 0.1) is 35.0 Å². The molecule has 2 fully saturated rings. The van der Waals surface area contributed by atoms with Crippen molar-refractivity contribution in [3.63, 3.8) is 0 Å². The van der Waals surface area contributed by atoms with Crippen molar-refractivity contribution in [1.82, 2.24) is 19.1 Å². The minimum absolute atomic E-state index is 0.00866. The van der Waals surface area contributed by atoms with Crippen LogP contribution < -0.4 is 10.9 Å². The van der Waals surface area contributed by atoms with Gasteiger partial charge in [0.1, 0.15) is 5.39 Å². The molecule has 0 saturated carbocycles. The lowest BCUT2D eigenvalue weighted by Crippen LogP contribution is -2.49. The van der Waals surface area contributed by atoms with Crippen molar-refractivity contribution in [2.24, 2.45) is 0 Å². The van der Waals surface area contributed by atoms with E-state index in [9.17, 15) is 18.5 Å². The van der Waals surface area contributed by atoms with Crippen LogP contribution in [0.4, 0.5) is 11.5 Å². The van der Waals surface area contributed by atoms with Crippen molar-refractivity contribution >= 4 is 32.4 Å². The number of nitrogens with one attached hydrogen (secondary N) is 2. The largest absolute Gasteiger partial charge is 0.379 e. The molecule has 5 rings (SSSR count). The quantitative estimate of drug-likeness (QED) is 0.552. The Kier molecular flexibility index (Phi) is 5.67. The molecule has 2 unspecified atom stereocenters. The minimum atomic E-state index is -3.52. The van der Waals surface area contributed by atoms with Gasteiger partial charge in [-0.2, -0.15) is 14.7 Å². The zero-order valence-electron chi connectivity index (χ0n) is 18.8. The predicted molar refractivity (Wildman–Crippen MR) is 126 cm³/mol. The molecular weight excluding hydrogens is 456 g/mol. The van der Waals surface area contributed by atoms with Crippen LogP contribution in [0, 0.1) is 11.3 Å². The molecule has 4 heterocycles. The van der Waals surface area contributed by atoms with Gasteiger partial charge >= 0.3 is 0 Å². The molecule has 0 radical (unpaired) electrons. The summed E-state index contributed by atoms with van der Waals surface area (Å²) in [6.45, 7) is 3.39. The second kappa shape index (κ2) is 8.54. The fraction of sp³-hybridized carbons (Fsp3) is 0.435. The summed E-state index contributed by atoms with van der Waals surface area (Å²) in [5.74, 6) is 0.340. The highest BCUT2D eigenvalue weighted by molar-refractivity contribution is 7.89. The van der Waals surface area contributed by atoms with E-state index in [1.54, 1.807) is 41.2 Å². The summed E-state index contributed by atoms with van der Waals surface area (Å²) < 4.78 is 34.5. The number of sulfonamides is 1. The molecule has 11 heteroatoms. The first-order valence-electron chi connectivity index (χ1n) is 11.3. The molecule has 0 bridgehead atoms. The average Bonchev–Trinajstić information content (AvgIpc) is 3.19. The van der Waals surface area contributed by atoms with Gasteiger partial charge in [-0.05, 0) is 56.5 Å². The molecule has 1 aromatic carbocycles. The monoisotopic (exact) mass is 482 g/mol. The number of pyridine rings is 1. The van der Waals surface area contributed by atoms with Crippen LogP contribution >= 0.6 is 0 Å². The number of nitriles is 1. The molecule has 0 amide bonds. The van der Waals surface area contributed by atoms with Crippen molar-refractivity contribution in [3.8, 4) is 6.07 Å². The third kappa shape index (κ3) is 3.68. The third-order valence-electron chi connectivity index (χ3n) is 6.75. The fourth-order valence-corrected chi connectivity index (χ4v) is 6.40. The van der Waals surface area contributed by atoms with Crippen LogP contribution in [0.15, 0.2) is 46.2 Å². The predicted octanol–water partition coefficient (Wildman–Crippen LogP) is 2.67.